The van der Waals surface area contributed by atoms with Gasteiger partial charge in [0.1, 0.15) is 0 Å². The Balaban J connectivity index is 1.40. The molecule has 0 unspecified atom stereocenters. The van der Waals surface area contributed by atoms with Gasteiger partial charge in [-0.3, -0.25) is 4.90 Å². The van der Waals surface area contributed by atoms with E-state index < -0.39 is 20.0 Å². The third-order valence-corrected chi connectivity index (χ3v) is 9.03. The van der Waals surface area contributed by atoms with Crippen LogP contribution in [0.15, 0.2) is 53.4 Å². The van der Waals surface area contributed by atoms with Crippen LogP contribution in [0.3, 0.4) is 0 Å². The molecule has 9 heteroatoms. The Morgan fingerprint density at radius 2 is 1.40 bits per heavy atom. The average Bonchev–Trinajstić information content (AvgIpc) is 2.73. The van der Waals surface area contributed by atoms with E-state index in [-0.39, 0.29) is 0 Å². The number of hydrogen-bond acceptors (Lipinski definition) is 5. The van der Waals surface area contributed by atoms with E-state index in [0.29, 0.717) is 50.7 Å². The van der Waals surface area contributed by atoms with Gasteiger partial charge in [-0.05, 0) is 35.2 Å². The van der Waals surface area contributed by atoms with E-state index in [9.17, 15) is 16.8 Å². The Labute approximate surface area is 179 Å². The summed E-state index contributed by atoms with van der Waals surface area (Å²) in [4.78, 5) is 2.50. The molecule has 0 aromatic heterocycles. The zero-order valence-corrected chi connectivity index (χ0v) is 18.7. The number of piperazine rings is 1. The van der Waals surface area contributed by atoms with Crippen LogP contribution >= 0.6 is 0 Å². The lowest BCUT2D eigenvalue weighted by Gasteiger charge is -2.33. The molecule has 0 bridgehead atoms. The maximum absolute atomic E-state index is 13.1. The molecule has 162 valence electrons. The Hall–Kier alpha value is -1.78. The lowest BCUT2D eigenvalue weighted by atomic mass is 10.0. The van der Waals surface area contributed by atoms with Crippen molar-refractivity contribution in [1.29, 1.82) is 0 Å². The number of rotatable bonds is 5. The van der Waals surface area contributed by atoms with E-state index >= 15 is 0 Å². The third-order valence-electron chi connectivity index (χ3n) is 5.86. The van der Waals surface area contributed by atoms with Crippen molar-refractivity contribution in [2.24, 2.45) is 0 Å². The molecular weight excluding hydrogens is 422 g/mol. The average molecular weight is 450 g/mol. The van der Waals surface area contributed by atoms with Crippen LogP contribution in [0.1, 0.15) is 16.7 Å². The fraction of sp³-hybridized carbons (Fsp3) is 0.429. The Morgan fingerprint density at radius 3 is 2.03 bits per heavy atom. The third kappa shape index (κ3) is 4.60. The molecule has 0 aliphatic carbocycles. The van der Waals surface area contributed by atoms with Crippen LogP contribution in [-0.2, 0) is 39.6 Å². The van der Waals surface area contributed by atoms with Gasteiger partial charge < -0.3 is 0 Å². The highest BCUT2D eigenvalue weighted by Gasteiger charge is 2.28. The first-order valence-electron chi connectivity index (χ1n) is 10.1. The molecule has 2 aliphatic rings. The zero-order chi connectivity index (χ0) is 21.4. The highest BCUT2D eigenvalue weighted by Crippen LogP contribution is 2.25. The molecule has 0 saturated carbocycles. The fourth-order valence-electron chi connectivity index (χ4n) is 4.07. The van der Waals surface area contributed by atoms with Crippen LogP contribution in [-0.4, -0.2) is 69.3 Å². The molecule has 1 saturated heterocycles. The first-order chi connectivity index (χ1) is 14.2. The molecule has 1 fully saturated rings. The van der Waals surface area contributed by atoms with Gasteiger partial charge in [-0.15, -0.1) is 0 Å². The fourth-order valence-corrected chi connectivity index (χ4v) is 6.31. The van der Waals surface area contributed by atoms with E-state index in [1.165, 1.54) is 16.1 Å². The number of hydrogen-bond donors (Lipinski definition) is 0. The van der Waals surface area contributed by atoms with Crippen molar-refractivity contribution in [3.8, 4) is 0 Å². The van der Waals surface area contributed by atoms with Gasteiger partial charge in [0.05, 0.1) is 11.2 Å². The van der Waals surface area contributed by atoms with E-state index in [1.807, 2.05) is 30.3 Å². The van der Waals surface area contributed by atoms with Crippen LogP contribution in [0, 0.1) is 0 Å². The largest absolute Gasteiger partial charge is 0.296 e. The molecule has 0 atom stereocenters. The summed E-state index contributed by atoms with van der Waals surface area (Å²) >= 11 is 0. The lowest BCUT2D eigenvalue weighted by Crippen LogP contribution is -2.47. The van der Waals surface area contributed by atoms with E-state index in [4.69, 9.17) is 0 Å². The molecule has 0 N–H and O–H groups in total. The van der Waals surface area contributed by atoms with Crippen molar-refractivity contribution in [3.05, 3.63) is 65.2 Å². The van der Waals surface area contributed by atoms with Gasteiger partial charge in [0.15, 0.2) is 0 Å². The monoisotopic (exact) mass is 449 g/mol. The maximum Gasteiger partial charge on any atom is 0.243 e. The summed E-state index contributed by atoms with van der Waals surface area (Å²) in [6, 6.07) is 15.0. The highest BCUT2D eigenvalue weighted by molar-refractivity contribution is 7.89. The molecule has 7 nitrogen and oxygen atoms in total. The predicted molar refractivity (Wildman–Crippen MR) is 116 cm³/mol. The quantitative estimate of drug-likeness (QED) is 0.692. The molecule has 0 spiro atoms. The summed E-state index contributed by atoms with van der Waals surface area (Å²) in [6.45, 7) is 3.88. The van der Waals surface area contributed by atoms with Crippen LogP contribution < -0.4 is 0 Å². The van der Waals surface area contributed by atoms with Gasteiger partial charge >= 0.3 is 0 Å². The summed E-state index contributed by atoms with van der Waals surface area (Å²) in [5, 5.41) is 0. The van der Waals surface area contributed by atoms with Gasteiger partial charge in [-0.1, -0.05) is 36.4 Å². The number of nitrogens with zero attached hydrogens (tertiary/aromatic N) is 3. The number of benzene rings is 2. The van der Waals surface area contributed by atoms with Crippen LogP contribution in [0.4, 0.5) is 0 Å². The highest BCUT2D eigenvalue weighted by atomic mass is 32.2. The summed E-state index contributed by atoms with van der Waals surface area (Å²) in [6.07, 6.45) is 1.97. The smallest absolute Gasteiger partial charge is 0.243 e. The van der Waals surface area contributed by atoms with Crippen molar-refractivity contribution in [2.45, 2.75) is 24.4 Å². The molecule has 30 heavy (non-hydrogen) atoms. The van der Waals surface area contributed by atoms with Gasteiger partial charge in [0, 0.05) is 45.8 Å². The lowest BCUT2D eigenvalue weighted by molar-refractivity contribution is 0.182. The van der Waals surface area contributed by atoms with Gasteiger partial charge in [-0.2, -0.15) is 8.61 Å². The Bertz CT molecular complexity index is 1110. The molecule has 4 rings (SSSR count). The Kier molecular flexibility index (Phi) is 6.00. The van der Waals surface area contributed by atoms with Crippen LogP contribution in [0.25, 0.3) is 0 Å². The first kappa shape index (κ1) is 21.5. The number of fused-ring (bicyclic) bond motifs is 1. The molecule has 2 aromatic carbocycles. The summed E-state index contributed by atoms with van der Waals surface area (Å²) in [7, 11) is -6.67. The summed E-state index contributed by atoms with van der Waals surface area (Å²) in [5.41, 5.74) is 3.30. The minimum atomic E-state index is -3.53. The van der Waals surface area contributed by atoms with Crippen molar-refractivity contribution in [2.75, 3.05) is 39.0 Å². The predicted octanol–water partition coefficient (Wildman–Crippen LogP) is 1.51. The van der Waals surface area contributed by atoms with E-state index in [0.717, 1.165) is 17.5 Å². The van der Waals surface area contributed by atoms with Gasteiger partial charge in [-0.25, -0.2) is 16.8 Å². The van der Waals surface area contributed by atoms with Crippen molar-refractivity contribution >= 4 is 20.0 Å². The first-order valence-corrected chi connectivity index (χ1v) is 13.4. The maximum atomic E-state index is 13.1. The van der Waals surface area contributed by atoms with E-state index in [2.05, 4.69) is 11.0 Å². The van der Waals surface area contributed by atoms with E-state index in [1.54, 1.807) is 16.4 Å². The minimum Gasteiger partial charge on any atom is -0.296 e. The molecule has 0 radical (unpaired) electrons. The van der Waals surface area contributed by atoms with Crippen molar-refractivity contribution < 1.29 is 16.8 Å². The second-order valence-corrected chi connectivity index (χ2v) is 11.9. The topological polar surface area (TPSA) is 78.0 Å². The summed E-state index contributed by atoms with van der Waals surface area (Å²) in [5.74, 6) is 0. The standard InChI is InChI=1S/C21H27N3O4S2/c1-29(25,26)23-14-12-22(13-15-23)16-18-6-8-21(9-7-18)30(27,28)24-11-10-19-4-2-3-5-20(19)17-24/h2-9H,10-17H2,1H3. The van der Waals surface area contributed by atoms with Gasteiger partial charge in [0.25, 0.3) is 0 Å². The molecular formula is C21H27N3O4S2. The minimum absolute atomic E-state index is 0.313. The second-order valence-electron chi connectivity index (χ2n) is 7.94. The van der Waals surface area contributed by atoms with Crippen LogP contribution in [0.2, 0.25) is 0 Å². The number of sulfonamides is 2. The zero-order valence-electron chi connectivity index (χ0n) is 17.1. The second kappa shape index (κ2) is 8.39. The SMILES string of the molecule is CS(=O)(=O)N1CCN(Cc2ccc(S(=O)(=O)N3CCc4ccccc4C3)cc2)CC1. The van der Waals surface area contributed by atoms with Crippen molar-refractivity contribution in [3.63, 3.8) is 0 Å². The van der Waals surface area contributed by atoms with Crippen LogP contribution in [0.5, 0.6) is 0 Å². The Morgan fingerprint density at radius 1 is 0.767 bits per heavy atom. The van der Waals surface area contributed by atoms with Crippen molar-refractivity contribution in [1.82, 2.24) is 13.5 Å². The molecule has 2 aromatic rings. The molecule has 2 aliphatic heterocycles. The normalized spacial score (nSPS) is 19.5. The van der Waals surface area contributed by atoms with Gasteiger partial charge in [0.2, 0.25) is 20.0 Å². The summed E-state index contributed by atoms with van der Waals surface area (Å²) < 4.78 is 52.5. The molecule has 0 amide bonds. The molecule has 2 heterocycles.